The van der Waals surface area contributed by atoms with Gasteiger partial charge in [-0.25, -0.2) is 0 Å². The lowest BCUT2D eigenvalue weighted by Crippen LogP contribution is -2.53. The highest BCUT2D eigenvalue weighted by molar-refractivity contribution is 6.15. The normalized spacial score (nSPS) is 18.3. The minimum Gasteiger partial charge on any atom is -0.490 e. The monoisotopic (exact) mass is 412 g/mol. The van der Waals surface area contributed by atoms with Crippen LogP contribution in [0.1, 0.15) is 6.92 Å². The second-order valence-electron chi connectivity index (χ2n) is 7.46. The van der Waals surface area contributed by atoms with Gasteiger partial charge in [-0.1, -0.05) is 18.2 Å². The number of ether oxygens (including phenoxy) is 1. The number of benzene rings is 2. The van der Waals surface area contributed by atoms with Gasteiger partial charge in [0.2, 0.25) is 5.78 Å². The van der Waals surface area contributed by atoms with Crippen molar-refractivity contribution in [1.82, 2.24) is 4.90 Å². The Balaban J connectivity index is 1.89. The largest absolute Gasteiger partial charge is 0.490 e. The van der Waals surface area contributed by atoms with E-state index in [9.17, 15) is 9.90 Å². The van der Waals surface area contributed by atoms with Crippen molar-refractivity contribution in [3.63, 3.8) is 0 Å². The Bertz CT molecular complexity index is 971. The van der Waals surface area contributed by atoms with Crippen LogP contribution in [-0.4, -0.2) is 48.6 Å². The van der Waals surface area contributed by atoms with Crippen molar-refractivity contribution in [3.8, 4) is 5.75 Å². The standard InChI is InChI=1S/C21H28N6O3/c1-21(29)19(25-15-9-6-7-13(22)17(15)26-23)18(20(21)28)24-14-8-4-5-10-16(14)30-12-11-27(2)3/h4-10,24-26,29H,11-12,22-23H2,1-3H3. The molecule has 2 aromatic carbocycles. The lowest BCUT2D eigenvalue weighted by molar-refractivity contribution is -0.132. The first kappa shape index (κ1) is 21.4. The van der Waals surface area contributed by atoms with Gasteiger partial charge in [-0.2, -0.15) is 0 Å². The molecule has 0 bridgehead atoms. The summed E-state index contributed by atoms with van der Waals surface area (Å²) in [6, 6.07) is 12.5. The van der Waals surface area contributed by atoms with Crippen LogP contribution in [0.5, 0.6) is 5.75 Å². The number of hydrogen-bond donors (Lipinski definition) is 6. The molecule has 0 heterocycles. The molecule has 0 spiro atoms. The SMILES string of the molecule is CN(C)CCOc1ccccc1NC1=C(Nc2cccc(N)c2NN)C(C)(O)C1=O. The van der Waals surface area contributed by atoms with Gasteiger partial charge in [0.05, 0.1) is 28.4 Å². The van der Waals surface area contributed by atoms with Crippen LogP contribution >= 0.6 is 0 Å². The highest BCUT2D eigenvalue weighted by Crippen LogP contribution is 2.39. The maximum Gasteiger partial charge on any atom is 0.218 e. The summed E-state index contributed by atoms with van der Waals surface area (Å²) >= 11 is 0. The first-order valence-electron chi connectivity index (χ1n) is 9.53. The Hall–Kier alpha value is -3.27. The maximum atomic E-state index is 12.6. The summed E-state index contributed by atoms with van der Waals surface area (Å²) < 4.78 is 5.85. The van der Waals surface area contributed by atoms with Crippen LogP contribution in [0.25, 0.3) is 0 Å². The Morgan fingerprint density at radius 1 is 1.10 bits per heavy atom. The number of nitrogens with one attached hydrogen (secondary N) is 3. The minimum absolute atomic E-state index is 0.244. The molecule has 3 rings (SSSR count). The van der Waals surface area contributed by atoms with Crippen molar-refractivity contribution in [2.45, 2.75) is 12.5 Å². The molecule has 0 radical (unpaired) electrons. The third-order valence-electron chi connectivity index (χ3n) is 4.85. The summed E-state index contributed by atoms with van der Waals surface area (Å²) in [6.45, 7) is 2.68. The molecule has 0 aromatic heterocycles. The number of hydrazine groups is 1. The molecule has 1 aliphatic carbocycles. The fraction of sp³-hybridized carbons (Fsp3) is 0.286. The minimum atomic E-state index is -1.67. The molecule has 1 atom stereocenters. The predicted molar refractivity (Wildman–Crippen MR) is 119 cm³/mol. The number of hydrogen-bond acceptors (Lipinski definition) is 9. The lowest BCUT2D eigenvalue weighted by Gasteiger charge is -2.38. The number of Topliss-reactive ketones (excluding diaryl/α,β-unsaturated/α-hetero) is 1. The fourth-order valence-corrected chi connectivity index (χ4v) is 3.09. The third-order valence-corrected chi connectivity index (χ3v) is 4.85. The molecule has 0 saturated carbocycles. The van der Waals surface area contributed by atoms with Gasteiger partial charge < -0.3 is 36.5 Å². The zero-order chi connectivity index (χ0) is 21.9. The average Bonchev–Trinajstić information content (AvgIpc) is 2.71. The first-order chi connectivity index (χ1) is 14.3. The zero-order valence-corrected chi connectivity index (χ0v) is 17.3. The maximum absolute atomic E-state index is 12.6. The van der Waals surface area contributed by atoms with Crippen molar-refractivity contribution >= 4 is 28.5 Å². The molecule has 0 aliphatic heterocycles. The average molecular weight is 412 g/mol. The summed E-state index contributed by atoms with van der Waals surface area (Å²) in [4.78, 5) is 14.6. The molecular formula is C21H28N6O3. The molecule has 1 aliphatic rings. The number of nitrogens with zero attached hydrogens (tertiary/aromatic N) is 1. The van der Waals surface area contributed by atoms with Gasteiger partial charge in [0.1, 0.15) is 18.1 Å². The van der Waals surface area contributed by atoms with Crippen molar-refractivity contribution in [1.29, 1.82) is 0 Å². The van der Waals surface area contributed by atoms with Crippen LogP contribution in [0.3, 0.4) is 0 Å². The summed E-state index contributed by atoms with van der Waals surface area (Å²) in [5, 5.41) is 16.8. The lowest BCUT2D eigenvalue weighted by atomic mass is 9.81. The van der Waals surface area contributed by atoms with Crippen LogP contribution in [0.15, 0.2) is 53.9 Å². The summed E-state index contributed by atoms with van der Waals surface area (Å²) in [5.41, 5.74) is 9.44. The number of aliphatic hydroxyl groups is 1. The molecular weight excluding hydrogens is 384 g/mol. The van der Waals surface area contributed by atoms with Gasteiger partial charge in [-0.15, -0.1) is 0 Å². The van der Waals surface area contributed by atoms with E-state index in [0.717, 1.165) is 6.54 Å². The fourth-order valence-electron chi connectivity index (χ4n) is 3.09. The molecule has 2 aromatic rings. The van der Waals surface area contributed by atoms with Crippen molar-refractivity contribution in [3.05, 3.63) is 53.9 Å². The van der Waals surface area contributed by atoms with E-state index in [0.29, 0.717) is 40.8 Å². The van der Waals surface area contributed by atoms with Crippen molar-refractivity contribution < 1.29 is 14.6 Å². The van der Waals surface area contributed by atoms with E-state index in [2.05, 4.69) is 16.1 Å². The van der Waals surface area contributed by atoms with Gasteiger partial charge in [-0.3, -0.25) is 10.6 Å². The second kappa shape index (κ2) is 8.62. The van der Waals surface area contributed by atoms with Crippen molar-refractivity contribution in [2.24, 2.45) is 5.84 Å². The number of rotatable bonds is 9. The molecule has 160 valence electrons. The Kier molecular flexibility index (Phi) is 6.16. The Morgan fingerprint density at radius 3 is 2.50 bits per heavy atom. The van der Waals surface area contributed by atoms with Crippen LogP contribution < -0.4 is 32.4 Å². The van der Waals surface area contributed by atoms with E-state index >= 15 is 0 Å². The van der Waals surface area contributed by atoms with E-state index in [4.69, 9.17) is 16.3 Å². The topological polar surface area (TPSA) is 138 Å². The van der Waals surface area contributed by atoms with Crippen molar-refractivity contribution in [2.75, 3.05) is 49.0 Å². The van der Waals surface area contributed by atoms with Gasteiger partial charge in [0.25, 0.3) is 0 Å². The van der Waals surface area contributed by atoms with Crippen LogP contribution in [-0.2, 0) is 4.79 Å². The number of para-hydroxylation sites is 3. The summed E-state index contributed by atoms with van der Waals surface area (Å²) in [7, 11) is 3.93. The predicted octanol–water partition coefficient (Wildman–Crippen LogP) is 1.56. The Morgan fingerprint density at radius 2 is 1.80 bits per heavy atom. The molecule has 1 unspecified atom stereocenters. The third kappa shape index (κ3) is 4.18. The van der Waals surface area contributed by atoms with Gasteiger partial charge in [0, 0.05) is 6.54 Å². The zero-order valence-electron chi connectivity index (χ0n) is 17.3. The number of anilines is 4. The van der Waals surface area contributed by atoms with Gasteiger partial charge in [0.15, 0.2) is 5.60 Å². The second-order valence-corrected chi connectivity index (χ2v) is 7.46. The highest BCUT2D eigenvalue weighted by Gasteiger charge is 2.50. The molecule has 0 amide bonds. The number of likely N-dealkylation sites (N-methyl/N-ethyl adjacent to an activating group) is 1. The van der Waals surface area contributed by atoms with E-state index in [1.165, 1.54) is 6.92 Å². The summed E-state index contributed by atoms with van der Waals surface area (Å²) in [6.07, 6.45) is 0. The molecule has 9 heteroatoms. The van der Waals surface area contributed by atoms with Crippen LogP contribution in [0, 0.1) is 0 Å². The number of nitrogens with two attached hydrogens (primary N) is 2. The molecule has 30 heavy (non-hydrogen) atoms. The van der Waals surface area contributed by atoms with E-state index in [1.807, 2.05) is 43.3 Å². The highest BCUT2D eigenvalue weighted by atomic mass is 16.5. The van der Waals surface area contributed by atoms with E-state index < -0.39 is 11.4 Å². The quantitative estimate of drug-likeness (QED) is 0.206. The summed E-state index contributed by atoms with van der Waals surface area (Å²) in [5.74, 6) is 5.76. The van der Waals surface area contributed by atoms with Gasteiger partial charge in [-0.05, 0) is 45.3 Å². The van der Waals surface area contributed by atoms with Crippen LogP contribution in [0.2, 0.25) is 0 Å². The van der Waals surface area contributed by atoms with Crippen LogP contribution in [0.4, 0.5) is 22.7 Å². The molecule has 0 saturated heterocycles. The van der Waals surface area contributed by atoms with E-state index in [1.54, 1.807) is 18.2 Å². The van der Waals surface area contributed by atoms with E-state index in [-0.39, 0.29) is 5.70 Å². The number of ketones is 1. The molecule has 9 nitrogen and oxygen atoms in total. The number of nitrogen functional groups attached to an aromatic ring is 2. The molecule has 0 fully saturated rings. The Labute approximate surface area is 175 Å². The molecule has 8 N–H and O–H groups in total. The smallest absolute Gasteiger partial charge is 0.218 e. The number of carbonyl (C=O) groups is 1. The van der Waals surface area contributed by atoms with Gasteiger partial charge >= 0.3 is 0 Å². The number of carbonyl (C=O) groups excluding carboxylic acids is 1. The first-order valence-corrected chi connectivity index (χ1v) is 9.53.